The molecule has 0 radical (unpaired) electrons. The van der Waals surface area contributed by atoms with Crippen LogP contribution < -0.4 is 0 Å². The summed E-state index contributed by atoms with van der Waals surface area (Å²) in [6, 6.07) is 6.23. The van der Waals surface area contributed by atoms with Crippen LogP contribution in [0.3, 0.4) is 0 Å². The molecule has 0 saturated carbocycles. The molecular formula is C26H30N2OS. The topological polar surface area (TPSA) is 42.3 Å². The molecule has 0 fully saturated rings. The zero-order valence-electron chi connectivity index (χ0n) is 18.3. The van der Waals surface area contributed by atoms with Gasteiger partial charge in [-0.15, -0.1) is 11.3 Å². The molecule has 1 heterocycles. The van der Waals surface area contributed by atoms with E-state index in [1.165, 1.54) is 0 Å². The molecule has 156 valence electrons. The van der Waals surface area contributed by atoms with Crippen molar-refractivity contribution in [3.05, 3.63) is 83.6 Å². The number of carbonyl (C=O) groups is 1. The first-order valence-electron chi connectivity index (χ1n) is 10.2. The summed E-state index contributed by atoms with van der Waals surface area (Å²) < 4.78 is 1.13. The van der Waals surface area contributed by atoms with Crippen LogP contribution >= 0.6 is 11.3 Å². The van der Waals surface area contributed by atoms with Crippen LogP contribution in [-0.4, -0.2) is 17.0 Å². The molecule has 2 aromatic rings. The lowest BCUT2D eigenvalue weighted by Crippen LogP contribution is -2.15. The fourth-order valence-electron chi connectivity index (χ4n) is 3.46. The van der Waals surface area contributed by atoms with E-state index in [1.807, 2.05) is 43.7 Å². The van der Waals surface area contributed by atoms with Crippen LogP contribution in [0.1, 0.15) is 46.1 Å². The average molecular weight is 419 g/mol. The Labute approximate surface area is 184 Å². The molecule has 1 unspecified atom stereocenters. The first-order valence-corrected chi connectivity index (χ1v) is 11.0. The Bertz CT molecular complexity index is 1050. The van der Waals surface area contributed by atoms with Crippen molar-refractivity contribution >= 4 is 39.1 Å². The second-order valence-electron chi connectivity index (χ2n) is 7.10. The summed E-state index contributed by atoms with van der Waals surface area (Å²) in [7, 11) is 0. The highest BCUT2D eigenvalue weighted by molar-refractivity contribution is 7.16. The maximum absolute atomic E-state index is 12.0. The highest BCUT2D eigenvalue weighted by atomic mass is 32.1. The predicted molar refractivity (Wildman–Crippen MR) is 132 cm³/mol. The van der Waals surface area contributed by atoms with Gasteiger partial charge in [0, 0.05) is 11.6 Å². The number of carbonyl (C=O) groups excluding carboxylic acids is 1. The Morgan fingerprint density at radius 1 is 1.33 bits per heavy atom. The first kappa shape index (κ1) is 23.4. The lowest BCUT2D eigenvalue weighted by Gasteiger charge is -2.19. The molecular weight excluding hydrogens is 388 g/mol. The molecule has 4 heteroatoms. The molecule has 0 N–H and O–H groups in total. The van der Waals surface area contributed by atoms with Crippen molar-refractivity contribution in [1.82, 2.24) is 4.98 Å². The van der Waals surface area contributed by atoms with Gasteiger partial charge in [-0.3, -0.25) is 4.99 Å². The Balaban J connectivity index is 2.60. The molecule has 2 rings (SSSR count). The van der Waals surface area contributed by atoms with Crippen molar-refractivity contribution in [1.29, 1.82) is 0 Å². The van der Waals surface area contributed by atoms with Crippen molar-refractivity contribution in [2.75, 3.05) is 0 Å². The lowest BCUT2D eigenvalue weighted by molar-refractivity contribution is -0.110. The van der Waals surface area contributed by atoms with E-state index in [4.69, 9.17) is 4.99 Å². The number of fused-ring (bicyclic) bond motifs is 1. The first-order chi connectivity index (χ1) is 14.5. The van der Waals surface area contributed by atoms with Crippen LogP contribution in [-0.2, 0) is 4.79 Å². The maximum Gasteiger partial charge on any atom is 0.127 e. The third kappa shape index (κ3) is 5.61. The van der Waals surface area contributed by atoms with Crippen LogP contribution in [0.15, 0.2) is 83.0 Å². The molecule has 3 nitrogen and oxygen atoms in total. The van der Waals surface area contributed by atoms with Gasteiger partial charge in [-0.1, -0.05) is 56.9 Å². The summed E-state index contributed by atoms with van der Waals surface area (Å²) in [5.41, 5.74) is 8.23. The van der Waals surface area contributed by atoms with E-state index in [1.54, 1.807) is 17.4 Å². The van der Waals surface area contributed by atoms with E-state index in [0.717, 1.165) is 57.3 Å². The number of thiazole rings is 1. The van der Waals surface area contributed by atoms with E-state index in [9.17, 15) is 4.79 Å². The number of nitrogens with zero attached hydrogens (tertiary/aromatic N) is 2. The maximum atomic E-state index is 12.0. The number of allylic oxidation sites excluding steroid dienone is 6. The average Bonchev–Trinajstić information content (AvgIpc) is 3.21. The van der Waals surface area contributed by atoms with Gasteiger partial charge in [-0.05, 0) is 61.6 Å². The third-order valence-electron chi connectivity index (χ3n) is 5.02. The van der Waals surface area contributed by atoms with Crippen molar-refractivity contribution in [3.8, 4) is 0 Å². The minimum Gasteiger partial charge on any atom is -0.303 e. The van der Waals surface area contributed by atoms with Gasteiger partial charge < -0.3 is 4.79 Å². The van der Waals surface area contributed by atoms with E-state index in [2.05, 4.69) is 44.1 Å². The Hall–Kier alpha value is -2.85. The fraction of sp³-hybridized carbons (Fsp3) is 0.269. The van der Waals surface area contributed by atoms with Crippen LogP contribution in [0.5, 0.6) is 0 Å². The van der Waals surface area contributed by atoms with Crippen LogP contribution in [0, 0.1) is 5.92 Å². The van der Waals surface area contributed by atoms with Gasteiger partial charge in [0.15, 0.2) is 0 Å². The number of aliphatic imine (C=N–C) groups is 1. The molecule has 0 aliphatic carbocycles. The van der Waals surface area contributed by atoms with Crippen LogP contribution in [0.25, 0.3) is 15.8 Å². The molecule has 0 spiro atoms. The van der Waals surface area contributed by atoms with Gasteiger partial charge in [-0.2, -0.15) is 0 Å². The van der Waals surface area contributed by atoms with Gasteiger partial charge in [0.05, 0.1) is 21.4 Å². The molecule has 0 aliphatic heterocycles. The Kier molecular flexibility index (Phi) is 8.88. The number of hydrogen-bond acceptors (Lipinski definition) is 4. The molecule has 1 atom stereocenters. The van der Waals surface area contributed by atoms with Crippen molar-refractivity contribution in [2.45, 2.75) is 40.5 Å². The third-order valence-corrected chi connectivity index (χ3v) is 5.81. The van der Waals surface area contributed by atoms with Gasteiger partial charge in [-0.25, -0.2) is 4.98 Å². The van der Waals surface area contributed by atoms with E-state index < -0.39 is 0 Å². The Morgan fingerprint density at radius 2 is 2.10 bits per heavy atom. The number of aldehydes is 1. The largest absolute Gasteiger partial charge is 0.303 e. The Morgan fingerprint density at radius 3 is 2.73 bits per heavy atom. The highest BCUT2D eigenvalue weighted by Gasteiger charge is 2.20. The number of aromatic nitrogens is 1. The number of rotatable bonds is 10. The molecule has 1 aromatic heterocycles. The predicted octanol–water partition coefficient (Wildman–Crippen LogP) is 7.35. The lowest BCUT2D eigenvalue weighted by atomic mass is 9.86. The van der Waals surface area contributed by atoms with E-state index in [-0.39, 0.29) is 5.92 Å². The summed E-state index contributed by atoms with van der Waals surface area (Å²) in [5.74, 6) is -0.213. The molecule has 0 amide bonds. The van der Waals surface area contributed by atoms with Crippen LogP contribution in [0.4, 0.5) is 0 Å². The SMILES string of the molecule is C=C/C(=C\C=C/C)C(=C)N=C(C)/C(=C(\C)c1ccc2ncsc2c1)C(C=O)CCC. The second-order valence-corrected chi connectivity index (χ2v) is 7.99. The monoisotopic (exact) mass is 418 g/mol. The van der Waals surface area contributed by atoms with Crippen molar-refractivity contribution in [3.63, 3.8) is 0 Å². The normalized spacial score (nSPS) is 14.7. The smallest absolute Gasteiger partial charge is 0.127 e. The van der Waals surface area contributed by atoms with Gasteiger partial charge in [0.1, 0.15) is 6.29 Å². The molecule has 30 heavy (non-hydrogen) atoms. The van der Waals surface area contributed by atoms with Crippen LogP contribution in [0.2, 0.25) is 0 Å². The summed E-state index contributed by atoms with van der Waals surface area (Å²) in [6.07, 6.45) is 10.3. The van der Waals surface area contributed by atoms with Crippen molar-refractivity contribution < 1.29 is 4.79 Å². The van der Waals surface area contributed by atoms with Gasteiger partial charge in [0.2, 0.25) is 0 Å². The minimum atomic E-state index is -0.213. The minimum absolute atomic E-state index is 0.213. The molecule has 0 saturated heterocycles. The van der Waals surface area contributed by atoms with E-state index >= 15 is 0 Å². The van der Waals surface area contributed by atoms with Gasteiger partial charge >= 0.3 is 0 Å². The summed E-state index contributed by atoms with van der Waals surface area (Å²) in [5, 5.41) is 0. The second kappa shape index (κ2) is 11.4. The zero-order valence-corrected chi connectivity index (χ0v) is 19.1. The van der Waals surface area contributed by atoms with E-state index in [0.29, 0.717) is 5.70 Å². The fourth-order valence-corrected chi connectivity index (χ4v) is 4.18. The van der Waals surface area contributed by atoms with Crippen molar-refractivity contribution in [2.24, 2.45) is 10.9 Å². The number of hydrogen-bond donors (Lipinski definition) is 0. The summed E-state index contributed by atoms with van der Waals surface area (Å²) in [4.78, 5) is 21.1. The number of benzene rings is 1. The standard InChI is InChI=1S/C26H30N2OS/c1-7-10-12-21(9-3)19(5)28-20(6)26(23(16-29)11-8-2)18(4)22-13-14-24-25(15-22)30-17-27-24/h7,9-10,12-17,23H,3,5,8,11H2,1-2,4,6H3/b10-7-,21-12+,26-18-,28-20?. The highest BCUT2D eigenvalue weighted by Crippen LogP contribution is 2.30. The molecule has 0 aliphatic rings. The molecule has 0 bridgehead atoms. The summed E-state index contributed by atoms with van der Waals surface area (Å²) in [6.45, 7) is 16.1. The van der Waals surface area contributed by atoms with Gasteiger partial charge in [0.25, 0.3) is 0 Å². The summed E-state index contributed by atoms with van der Waals surface area (Å²) >= 11 is 1.62. The quantitative estimate of drug-likeness (QED) is 0.230. The zero-order chi connectivity index (χ0) is 22.1. The molecule has 1 aromatic carbocycles.